The van der Waals surface area contributed by atoms with Crippen molar-refractivity contribution in [3.63, 3.8) is 0 Å². The maximum atomic E-state index is 5.63. The topological polar surface area (TPSA) is 63.8 Å². The fourth-order valence-electron chi connectivity index (χ4n) is 1.32. The number of nitrogen functional groups attached to an aromatic ring is 1. The van der Waals surface area contributed by atoms with Gasteiger partial charge in [0.15, 0.2) is 0 Å². The first-order valence-electron chi connectivity index (χ1n) is 4.78. The van der Waals surface area contributed by atoms with Gasteiger partial charge in [0.05, 0.1) is 0 Å². The molecule has 1 aromatic carbocycles. The minimum Gasteiger partial charge on any atom is -0.383 e. The second kappa shape index (κ2) is 4.49. The molecule has 0 saturated carbocycles. The molecule has 0 amide bonds. The van der Waals surface area contributed by atoms with Gasteiger partial charge in [-0.25, -0.2) is 4.98 Å². The van der Waals surface area contributed by atoms with Crippen LogP contribution < -0.4 is 11.1 Å². The van der Waals surface area contributed by atoms with E-state index in [2.05, 4.69) is 31.2 Å². The van der Waals surface area contributed by atoms with Crippen LogP contribution in [0.15, 0.2) is 34.9 Å². The molecule has 3 N–H and O–H groups in total. The summed E-state index contributed by atoms with van der Waals surface area (Å²) < 4.78 is 0.663. The number of aromatic nitrogens is 2. The van der Waals surface area contributed by atoms with E-state index in [1.54, 1.807) is 6.07 Å². The van der Waals surface area contributed by atoms with Crippen molar-refractivity contribution < 1.29 is 0 Å². The normalized spacial score (nSPS) is 10.1. The van der Waals surface area contributed by atoms with Crippen LogP contribution in [0.4, 0.5) is 17.5 Å². The Balaban J connectivity index is 2.30. The Labute approximate surface area is 102 Å². The minimum atomic E-state index is 0.429. The summed E-state index contributed by atoms with van der Waals surface area (Å²) in [7, 11) is 0. The molecule has 0 saturated heterocycles. The molecule has 4 nitrogen and oxygen atoms in total. The number of nitrogens with two attached hydrogens (primary N) is 1. The van der Waals surface area contributed by atoms with E-state index in [4.69, 9.17) is 5.73 Å². The van der Waals surface area contributed by atoms with Crippen molar-refractivity contribution in [3.05, 3.63) is 40.5 Å². The summed E-state index contributed by atoms with van der Waals surface area (Å²) in [5, 5.41) is 3.12. The van der Waals surface area contributed by atoms with Crippen LogP contribution in [0, 0.1) is 6.92 Å². The molecule has 2 rings (SSSR count). The summed E-state index contributed by atoms with van der Waals surface area (Å²) in [6, 6.07) is 9.58. The van der Waals surface area contributed by atoms with Crippen LogP contribution in [0.25, 0.3) is 0 Å². The molecule has 0 aliphatic carbocycles. The number of nitrogens with one attached hydrogen (secondary N) is 1. The molecule has 16 heavy (non-hydrogen) atoms. The fraction of sp³-hybridized carbons (Fsp3) is 0.0909. The molecule has 0 radical (unpaired) electrons. The molecule has 0 atom stereocenters. The van der Waals surface area contributed by atoms with E-state index in [1.807, 2.05) is 31.2 Å². The zero-order valence-corrected chi connectivity index (χ0v) is 10.3. The largest absolute Gasteiger partial charge is 0.383 e. The van der Waals surface area contributed by atoms with E-state index in [-0.39, 0.29) is 0 Å². The molecular formula is C11H11BrN4. The first kappa shape index (κ1) is 10.9. The van der Waals surface area contributed by atoms with E-state index in [1.165, 1.54) is 0 Å². The number of hydrogen-bond acceptors (Lipinski definition) is 4. The second-order valence-corrected chi connectivity index (χ2v) is 4.19. The number of anilines is 3. The predicted molar refractivity (Wildman–Crippen MR) is 68.6 cm³/mol. The summed E-state index contributed by atoms with van der Waals surface area (Å²) in [4.78, 5) is 8.28. The zero-order valence-electron chi connectivity index (χ0n) is 8.74. The Morgan fingerprint density at radius 2 is 2.00 bits per heavy atom. The smallest absolute Gasteiger partial charge is 0.230 e. The third-order valence-corrected chi connectivity index (χ3v) is 2.51. The lowest BCUT2D eigenvalue weighted by molar-refractivity contribution is 1.14. The summed E-state index contributed by atoms with van der Waals surface area (Å²) in [6.45, 7) is 2.02. The lowest BCUT2D eigenvalue weighted by Gasteiger charge is -2.08. The quantitative estimate of drug-likeness (QED) is 0.830. The summed E-state index contributed by atoms with van der Waals surface area (Å²) in [5.41, 5.74) is 7.73. The van der Waals surface area contributed by atoms with Crippen LogP contribution in [0.1, 0.15) is 5.56 Å². The van der Waals surface area contributed by atoms with E-state index < -0.39 is 0 Å². The average Bonchev–Trinajstić information content (AvgIpc) is 2.20. The third-order valence-electron chi connectivity index (χ3n) is 2.11. The van der Waals surface area contributed by atoms with Crippen molar-refractivity contribution in [2.45, 2.75) is 6.92 Å². The van der Waals surface area contributed by atoms with Gasteiger partial charge >= 0.3 is 0 Å². The summed E-state index contributed by atoms with van der Waals surface area (Å²) >= 11 is 3.27. The molecule has 1 aromatic heterocycles. The highest BCUT2D eigenvalue weighted by Crippen LogP contribution is 2.19. The SMILES string of the molecule is Cc1ccccc1Nc1nc(N)cc(Br)n1. The number of aryl methyl sites for hydroxylation is 1. The Morgan fingerprint density at radius 3 is 2.69 bits per heavy atom. The molecule has 0 fully saturated rings. The summed E-state index contributed by atoms with van der Waals surface area (Å²) in [5.74, 6) is 0.916. The van der Waals surface area contributed by atoms with E-state index in [0.717, 1.165) is 11.3 Å². The van der Waals surface area contributed by atoms with Crippen LogP contribution in [-0.2, 0) is 0 Å². The molecule has 0 aliphatic heterocycles. The van der Waals surface area contributed by atoms with Crippen LogP contribution in [0.2, 0.25) is 0 Å². The lowest BCUT2D eigenvalue weighted by atomic mass is 10.2. The number of nitrogens with zero attached hydrogens (tertiary/aromatic N) is 2. The molecule has 0 aliphatic rings. The Bertz CT molecular complexity index is 493. The van der Waals surface area contributed by atoms with E-state index in [9.17, 15) is 0 Å². The van der Waals surface area contributed by atoms with Crippen LogP contribution in [0.3, 0.4) is 0 Å². The van der Waals surface area contributed by atoms with Crippen molar-refractivity contribution in [2.75, 3.05) is 11.1 Å². The predicted octanol–water partition coefficient (Wildman–Crippen LogP) is 2.87. The monoisotopic (exact) mass is 278 g/mol. The van der Waals surface area contributed by atoms with Crippen molar-refractivity contribution in [3.8, 4) is 0 Å². The van der Waals surface area contributed by atoms with Gasteiger partial charge in [0.1, 0.15) is 10.4 Å². The molecule has 5 heteroatoms. The van der Waals surface area contributed by atoms with Crippen LogP contribution >= 0.6 is 15.9 Å². The van der Waals surface area contributed by atoms with E-state index >= 15 is 0 Å². The zero-order chi connectivity index (χ0) is 11.5. The van der Waals surface area contributed by atoms with Gasteiger partial charge in [-0.2, -0.15) is 4.98 Å². The Kier molecular flexibility index (Phi) is 3.05. The first-order chi connectivity index (χ1) is 7.65. The highest BCUT2D eigenvalue weighted by molar-refractivity contribution is 9.10. The highest BCUT2D eigenvalue weighted by Gasteiger charge is 2.02. The molecule has 0 spiro atoms. The molecule has 1 heterocycles. The number of rotatable bonds is 2. The highest BCUT2D eigenvalue weighted by atomic mass is 79.9. The maximum Gasteiger partial charge on any atom is 0.230 e. The lowest BCUT2D eigenvalue weighted by Crippen LogP contribution is -2.01. The molecule has 0 unspecified atom stereocenters. The Hall–Kier alpha value is -1.62. The van der Waals surface area contributed by atoms with Gasteiger partial charge in [0, 0.05) is 11.8 Å². The Morgan fingerprint density at radius 1 is 1.25 bits per heavy atom. The van der Waals surface area contributed by atoms with Gasteiger partial charge in [-0.15, -0.1) is 0 Å². The van der Waals surface area contributed by atoms with Crippen molar-refractivity contribution in [1.29, 1.82) is 0 Å². The number of benzene rings is 1. The van der Waals surface area contributed by atoms with Crippen LogP contribution in [-0.4, -0.2) is 9.97 Å². The maximum absolute atomic E-state index is 5.63. The summed E-state index contributed by atoms with van der Waals surface area (Å²) in [6.07, 6.45) is 0. The van der Waals surface area contributed by atoms with Crippen molar-refractivity contribution in [1.82, 2.24) is 9.97 Å². The van der Waals surface area contributed by atoms with Gasteiger partial charge in [0.2, 0.25) is 5.95 Å². The van der Waals surface area contributed by atoms with Gasteiger partial charge in [-0.05, 0) is 34.5 Å². The molecule has 82 valence electrons. The standard InChI is InChI=1S/C11H11BrN4/c1-7-4-2-3-5-8(7)14-11-15-9(12)6-10(13)16-11/h2-6H,1H3,(H3,13,14,15,16). The fourth-order valence-corrected chi connectivity index (χ4v) is 1.73. The van der Waals surface area contributed by atoms with Crippen molar-refractivity contribution >= 4 is 33.4 Å². The third kappa shape index (κ3) is 2.49. The number of halogens is 1. The van der Waals surface area contributed by atoms with Crippen molar-refractivity contribution in [2.24, 2.45) is 0 Å². The molecular weight excluding hydrogens is 268 g/mol. The van der Waals surface area contributed by atoms with Gasteiger partial charge in [0.25, 0.3) is 0 Å². The second-order valence-electron chi connectivity index (χ2n) is 3.38. The van der Waals surface area contributed by atoms with E-state index in [0.29, 0.717) is 16.4 Å². The first-order valence-corrected chi connectivity index (χ1v) is 5.57. The van der Waals surface area contributed by atoms with Gasteiger partial charge < -0.3 is 11.1 Å². The van der Waals surface area contributed by atoms with Gasteiger partial charge in [-0.3, -0.25) is 0 Å². The minimum absolute atomic E-state index is 0.429. The average molecular weight is 279 g/mol. The number of hydrogen-bond donors (Lipinski definition) is 2. The molecule has 2 aromatic rings. The van der Waals surface area contributed by atoms with Gasteiger partial charge in [-0.1, -0.05) is 18.2 Å². The number of para-hydroxylation sites is 1. The van der Waals surface area contributed by atoms with Crippen LogP contribution in [0.5, 0.6) is 0 Å². The molecule has 0 bridgehead atoms.